The van der Waals surface area contributed by atoms with Crippen LogP contribution in [0.15, 0.2) is 12.1 Å². The largest absolute Gasteiger partial charge is 0.324 e. The first-order valence-corrected chi connectivity index (χ1v) is 5.21. The van der Waals surface area contributed by atoms with Crippen LogP contribution < -0.4 is 10.6 Å². The summed E-state index contributed by atoms with van der Waals surface area (Å²) in [6.45, 7) is 0. The molecule has 1 saturated carbocycles. The molecule has 1 unspecified atom stereocenters. The van der Waals surface area contributed by atoms with Crippen LogP contribution in [-0.4, -0.2) is 11.9 Å². The van der Waals surface area contributed by atoms with Crippen molar-refractivity contribution in [1.29, 1.82) is 0 Å². The number of amides is 1. The van der Waals surface area contributed by atoms with Crippen LogP contribution >= 0.6 is 0 Å². The zero-order valence-electron chi connectivity index (χ0n) is 8.39. The van der Waals surface area contributed by atoms with E-state index in [1.807, 2.05) is 0 Å². The number of fused-ring (bicyclic) bond motifs is 1. The first kappa shape index (κ1) is 9.72. The van der Waals surface area contributed by atoms with E-state index in [0.717, 1.165) is 25.0 Å². The highest BCUT2D eigenvalue weighted by Crippen LogP contribution is 2.36. The fourth-order valence-corrected chi connectivity index (χ4v) is 1.96. The lowest BCUT2D eigenvalue weighted by atomic mass is 10.1. The molecule has 1 atom stereocenters. The minimum absolute atomic E-state index is 0.235. The molecular formula is C11H10F2N2O. The monoisotopic (exact) mass is 224 g/mol. The number of hydrogen-bond acceptors (Lipinski definition) is 2. The third-order valence-electron chi connectivity index (χ3n) is 2.88. The lowest BCUT2D eigenvalue weighted by molar-refractivity contribution is -0.117. The van der Waals surface area contributed by atoms with Crippen molar-refractivity contribution in [2.45, 2.75) is 24.9 Å². The maximum absolute atomic E-state index is 13.6. The SMILES string of the molecule is O=C1Nc2cc(F)cc(F)c2C1NC1CC1. The molecule has 1 fully saturated rings. The fourth-order valence-electron chi connectivity index (χ4n) is 1.96. The Bertz CT molecular complexity index is 471. The van der Waals surface area contributed by atoms with E-state index >= 15 is 0 Å². The van der Waals surface area contributed by atoms with E-state index in [2.05, 4.69) is 10.6 Å². The van der Waals surface area contributed by atoms with Crippen LogP contribution in [0.25, 0.3) is 0 Å². The molecule has 0 bridgehead atoms. The summed E-state index contributed by atoms with van der Waals surface area (Å²) in [5.74, 6) is -1.67. The first-order chi connectivity index (χ1) is 7.65. The molecule has 3 nitrogen and oxygen atoms in total. The molecule has 84 valence electrons. The van der Waals surface area contributed by atoms with Crippen molar-refractivity contribution in [2.24, 2.45) is 0 Å². The Morgan fingerprint density at radius 2 is 2.06 bits per heavy atom. The molecule has 1 aromatic rings. The molecule has 2 aliphatic rings. The van der Waals surface area contributed by atoms with Gasteiger partial charge in [0.25, 0.3) is 0 Å². The summed E-state index contributed by atoms with van der Waals surface area (Å²) in [5.41, 5.74) is 0.471. The Kier molecular flexibility index (Phi) is 1.97. The summed E-state index contributed by atoms with van der Waals surface area (Å²) in [7, 11) is 0. The topological polar surface area (TPSA) is 41.1 Å². The molecule has 1 aromatic carbocycles. The normalized spacial score (nSPS) is 23.1. The van der Waals surface area contributed by atoms with Crippen molar-refractivity contribution >= 4 is 11.6 Å². The van der Waals surface area contributed by atoms with Crippen molar-refractivity contribution < 1.29 is 13.6 Å². The number of carbonyl (C=O) groups excluding carboxylic acids is 1. The van der Waals surface area contributed by atoms with Crippen LogP contribution in [0.1, 0.15) is 24.4 Å². The molecule has 2 N–H and O–H groups in total. The highest BCUT2D eigenvalue weighted by Gasteiger charge is 2.37. The molecule has 0 aromatic heterocycles. The van der Waals surface area contributed by atoms with Crippen LogP contribution in [0.5, 0.6) is 0 Å². The van der Waals surface area contributed by atoms with Crippen LogP contribution in [0.3, 0.4) is 0 Å². The van der Waals surface area contributed by atoms with E-state index in [1.54, 1.807) is 0 Å². The van der Waals surface area contributed by atoms with Gasteiger partial charge in [-0.1, -0.05) is 0 Å². The smallest absolute Gasteiger partial charge is 0.246 e. The third-order valence-corrected chi connectivity index (χ3v) is 2.88. The van der Waals surface area contributed by atoms with Gasteiger partial charge in [0.05, 0.1) is 5.69 Å². The van der Waals surface area contributed by atoms with Crippen molar-refractivity contribution in [3.8, 4) is 0 Å². The molecule has 0 saturated heterocycles. The second-order valence-corrected chi connectivity index (χ2v) is 4.21. The molecule has 3 rings (SSSR count). The van der Waals surface area contributed by atoms with E-state index in [0.29, 0.717) is 0 Å². The van der Waals surface area contributed by atoms with Gasteiger partial charge in [-0.05, 0) is 18.9 Å². The van der Waals surface area contributed by atoms with Gasteiger partial charge in [-0.3, -0.25) is 10.1 Å². The molecule has 16 heavy (non-hydrogen) atoms. The second kappa shape index (κ2) is 3.25. The van der Waals surface area contributed by atoms with E-state index in [1.165, 1.54) is 0 Å². The van der Waals surface area contributed by atoms with Gasteiger partial charge in [-0.25, -0.2) is 8.78 Å². The molecule has 1 aliphatic carbocycles. The Labute approximate surface area is 90.8 Å². The number of rotatable bonds is 2. The average Bonchev–Trinajstić information content (AvgIpc) is 2.93. The maximum atomic E-state index is 13.6. The molecule has 1 amide bonds. The zero-order valence-corrected chi connectivity index (χ0v) is 8.39. The minimum atomic E-state index is -0.678. The van der Waals surface area contributed by atoms with Gasteiger partial charge < -0.3 is 5.32 Å². The van der Waals surface area contributed by atoms with Gasteiger partial charge in [0, 0.05) is 17.7 Å². The number of nitrogens with one attached hydrogen (secondary N) is 2. The first-order valence-electron chi connectivity index (χ1n) is 5.21. The lowest BCUT2D eigenvalue weighted by Crippen LogP contribution is -2.29. The molecule has 1 heterocycles. The number of anilines is 1. The summed E-state index contributed by atoms with van der Waals surface area (Å²) in [5, 5.41) is 5.53. The third kappa shape index (κ3) is 1.48. The predicted octanol–water partition coefficient (Wildman–Crippen LogP) is 1.71. The Balaban J connectivity index is 2.01. The highest BCUT2D eigenvalue weighted by molar-refractivity contribution is 6.02. The van der Waals surface area contributed by atoms with E-state index in [9.17, 15) is 13.6 Å². The number of benzene rings is 1. The maximum Gasteiger partial charge on any atom is 0.246 e. The van der Waals surface area contributed by atoms with E-state index < -0.39 is 17.7 Å². The average molecular weight is 224 g/mol. The molecule has 0 radical (unpaired) electrons. The predicted molar refractivity (Wildman–Crippen MR) is 53.9 cm³/mol. The van der Waals surface area contributed by atoms with Gasteiger partial charge in [0.15, 0.2) is 0 Å². The molecule has 5 heteroatoms. The van der Waals surface area contributed by atoms with Crippen molar-refractivity contribution in [3.05, 3.63) is 29.3 Å². The minimum Gasteiger partial charge on any atom is -0.324 e. The second-order valence-electron chi connectivity index (χ2n) is 4.21. The summed E-state index contributed by atoms with van der Waals surface area (Å²) >= 11 is 0. The fraction of sp³-hybridized carbons (Fsp3) is 0.364. The van der Waals surface area contributed by atoms with Crippen molar-refractivity contribution in [2.75, 3.05) is 5.32 Å². The van der Waals surface area contributed by atoms with Gasteiger partial charge in [0.2, 0.25) is 5.91 Å². The van der Waals surface area contributed by atoms with Crippen molar-refractivity contribution in [3.63, 3.8) is 0 Å². The molecule has 0 spiro atoms. The van der Waals surface area contributed by atoms with Gasteiger partial charge in [0.1, 0.15) is 17.7 Å². The standard InChI is InChI=1S/C11H10F2N2O/c12-5-3-7(13)9-8(4-5)15-11(16)10(9)14-6-1-2-6/h3-4,6,10,14H,1-2H2,(H,15,16). The van der Waals surface area contributed by atoms with Crippen LogP contribution in [0.4, 0.5) is 14.5 Å². The van der Waals surface area contributed by atoms with Crippen LogP contribution in [0, 0.1) is 11.6 Å². The Morgan fingerprint density at radius 3 is 2.75 bits per heavy atom. The van der Waals surface area contributed by atoms with Gasteiger partial charge in [-0.2, -0.15) is 0 Å². The van der Waals surface area contributed by atoms with Gasteiger partial charge in [-0.15, -0.1) is 0 Å². The van der Waals surface area contributed by atoms with Crippen LogP contribution in [0.2, 0.25) is 0 Å². The highest BCUT2D eigenvalue weighted by atomic mass is 19.1. The molecular weight excluding hydrogens is 214 g/mol. The number of halogens is 2. The molecule has 1 aliphatic heterocycles. The zero-order chi connectivity index (χ0) is 11.3. The number of carbonyl (C=O) groups is 1. The van der Waals surface area contributed by atoms with E-state index in [4.69, 9.17) is 0 Å². The summed E-state index contributed by atoms with van der Waals surface area (Å²) in [6, 6.07) is 1.56. The van der Waals surface area contributed by atoms with E-state index in [-0.39, 0.29) is 23.2 Å². The lowest BCUT2D eigenvalue weighted by Gasteiger charge is -2.10. The summed E-state index contributed by atoms with van der Waals surface area (Å²) in [6.07, 6.45) is 2.00. The summed E-state index contributed by atoms with van der Waals surface area (Å²) < 4.78 is 26.5. The van der Waals surface area contributed by atoms with Crippen LogP contribution in [-0.2, 0) is 4.79 Å². The number of hydrogen-bond donors (Lipinski definition) is 2. The quantitative estimate of drug-likeness (QED) is 0.802. The van der Waals surface area contributed by atoms with Gasteiger partial charge >= 0.3 is 0 Å². The van der Waals surface area contributed by atoms with Crippen molar-refractivity contribution in [1.82, 2.24) is 5.32 Å². The Hall–Kier alpha value is -1.49. The summed E-state index contributed by atoms with van der Waals surface area (Å²) in [4.78, 5) is 11.6. The Morgan fingerprint density at radius 1 is 1.31 bits per heavy atom.